The summed E-state index contributed by atoms with van der Waals surface area (Å²) in [6, 6.07) is 0. The van der Waals surface area contributed by atoms with Crippen molar-refractivity contribution in [3.63, 3.8) is 0 Å². The minimum absolute atomic E-state index is 0.115. The van der Waals surface area contributed by atoms with E-state index in [1.807, 2.05) is 0 Å². The van der Waals surface area contributed by atoms with Crippen LogP contribution in [-0.4, -0.2) is 21.6 Å². The number of rotatable bonds is 7. The van der Waals surface area contributed by atoms with Gasteiger partial charge in [0.1, 0.15) is 5.03 Å². The van der Waals surface area contributed by atoms with Gasteiger partial charge in [-0.1, -0.05) is 6.42 Å². The lowest BCUT2D eigenvalue weighted by Gasteiger charge is -2.03. The normalized spacial score (nSPS) is 10.2. The third kappa shape index (κ3) is 5.50. The number of anilines is 1. The molecule has 0 radical (unpaired) electrons. The number of hydrogen-bond acceptors (Lipinski definition) is 6. The Morgan fingerprint density at radius 3 is 2.76 bits per heavy atom. The summed E-state index contributed by atoms with van der Waals surface area (Å²) >= 11 is 1.59. The molecule has 0 fully saturated rings. The molecule has 0 aromatic carbocycles. The standard InChI is InChI=1S/C10H17N5OS/c11-9-10(14-6-5-13-9)17-7-3-1-2-4-8(16)15-12/h5-6H,1-4,7,12H2,(H2,11,13)(H,15,16). The topological polar surface area (TPSA) is 107 Å². The molecule has 17 heavy (non-hydrogen) atoms. The van der Waals surface area contributed by atoms with Gasteiger partial charge < -0.3 is 5.73 Å². The highest BCUT2D eigenvalue weighted by atomic mass is 32.2. The zero-order chi connectivity index (χ0) is 12.5. The van der Waals surface area contributed by atoms with Crippen LogP contribution < -0.4 is 17.0 Å². The zero-order valence-corrected chi connectivity index (χ0v) is 10.4. The van der Waals surface area contributed by atoms with Gasteiger partial charge in [-0.05, 0) is 18.6 Å². The first-order chi connectivity index (χ1) is 8.24. The highest BCUT2D eigenvalue weighted by molar-refractivity contribution is 7.99. The van der Waals surface area contributed by atoms with Gasteiger partial charge in [0, 0.05) is 18.8 Å². The summed E-state index contributed by atoms with van der Waals surface area (Å²) < 4.78 is 0. The number of thioether (sulfide) groups is 1. The summed E-state index contributed by atoms with van der Waals surface area (Å²) in [5.74, 6) is 6.25. The predicted octanol–water partition coefficient (Wildman–Crippen LogP) is 0.701. The molecule has 0 saturated heterocycles. The molecule has 1 heterocycles. The summed E-state index contributed by atoms with van der Waals surface area (Å²) in [5, 5.41) is 0.771. The number of carbonyl (C=O) groups is 1. The van der Waals surface area contributed by atoms with E-state index in [-0.39, 0.29) is 5.91 Å². The van der Waals surface area contributed by atoms with Crippen LogP contribution in [0.15, 0.2) is 17.4 Å². The second-order valence-corrected chi connectivity index (χ2v) is 4.56. The van der Waals surface area contributed by atoms with Gasteiger partial charge in [-0.2, -0.15) is 0 Å². The van der Waals surface area contributed by atoms with Crippen molar-refractivity contribution >= 4 is 23.5 Å². The van der Waals surface area contributed by atoms with Crippen LogP contribution in [0, 0.1) is 0 Å². The van der Waals surface area contributed by atoms with Crippen molar-refractivity contribution in [2.75, 3.05) is 11.5 Å². The lowest BCUT2D eigenvalue weighted by Crippen LogP contribution is -2.29. The monoisotopic (exact) mass is 255 g/mol. The highest BCUT2D eigenvalue weighted by Gasteiger charge is 2.02. The third-order valence-electron chi connectivity index (χ3n) is 2.14. The molecule has 0 unspecified atom stereocenters. The van der Waals surface area contributed by atoms with E-state index < -0.39 is 0 Å². The molecule has 94 valence electrons. The lowest BCUT2D eigenvalue weighted by molar-refractivity contribution is -0.121. The molecule has 0 aliphatic carbocycles. The average Bonchev–Trinajstić information content (AvgIpc) is 2.35. The zero-order valence-electron chi connectivity index (χ0n) is 9.56. The fraction of sp³-hybridized carbons (Fsp3) is 0.500. The minimum atomic E-state index is -0.115. The second kappa shape index (κ2) is 7.86. The van der Waals surface area contributed by atoms with E-state index in [1.54, 1.807) is 24.2 Å². The Kier molecular flexibility index (Phi) is 6.34. The Hall–Kier alpha value is -1.34. The molecule has 0 spiro atoms. The van der Waals surface area contributed by atoms with E-state index >= 15 is 0 Å². The van der Waals surface area contributed by atoms with E-state index in [2.05, 4.69) is 15.4 Å². The van der Waals surface area contributed by atoms with E-state index in [0.717, 1.165) is 30.0 Å². The molecule has 1 rings (SSSR count). The molecule has 5 N–H and O–H groups in total. The number of nitrogens with zero attached hydrogens (tertiary/aromatic N) is 2. The lowest BCUT2D eigenvalue weighted by atomic mass is 10.2. The fourth-order valence-corrected chi connectivity index (χ4v) is 2.13. The Bertz CT molecular complexity index is 360. The molecule has 0 bridgehead atoms. The van der Waals surface area contributed by atoms with Crippen LogP contribution in [0.4, 0.5) is 5.82 Å². The van der Waals surface area contributed by atoms with Gasteiger partial charge in [0.15, 0.2) is 5.82 Å². The smallest absolute Gasteiger partial charge is 0.233 e. The number of hydrogen-bond donors (Lipinski definition) is 3. The SMILES string of the molecule is NNC(=O)CCCCCSc1nccnc1N. The van der Waals surface area contributed by atoms with Crippen LogP contribution in [-0.2, 0) is 4.79 Å². The number of nitrogens with one attached hydrogen (secondary N) is 1. The summed E-state index contributed by atoms with van der Waals surface area (Å²) in [7, 11) is 0. The molecule has 1 aromatic rings. The second-order valence-electron chi connectivity index (χ2n) is 3.47. The number of nitrogens with two attached hydrogens (primary N) is 2. The number of unbranched alkanes of at least 4 members (excludes halogenated alkanes) is 2. The Morgan fingerprint density at radius 2 is 2.06 bits per heavy atom. The molecule has 0 aliphatic heterocycles. The number of amides is 1. The number of aromatic nitrogens is 2. The van der Waals surface area contributed by atoms with Crippen LogP contribution in [0.25, 0.3) is 0 Å². The predicted molar refractivity (Wildman–Crippen MR) is 68.0 cm³/mol. The van der Waals surface area contributed by atoms with Crippen LogP contribution in [0.1, 0.15) is 25.7 Å². The van der Waals surface area contributed by atoms with Gasteiger partial charge in [0.2, 0.25) is 5.91 Å². The largest absolute Gasteiger partial charge is 0.381 e. The van der Waals surface area contributed by atoms with E-state index in [9.17, 15) is 4.79 Å². The van der Waals surface area contributed by atoms with E-state index in [0.29, 0.717) is 12.2 Å². The molecule has 6 nitrogen and oxygen atoms in total. The highest BCUT2D eigenvalue weighted by Crippen LogP contribution is 2.21. The van der Waals surface area contributed by atoms with E-state index in [4.69, 9.17) is 11.6 Å². The molecule has 1 amide bonds. The van der Waals surface area contributed by atoms with Gasteiger partial charge in [-0.25, -0.2) is 15.8 Å². The van der Waals surface area contributed by atoms with Gasteiger partial charge in [0.25, 0.3) is 0 Å². The first-order valence-electron chi connectivity index (χ1n) is 5.42. The molecule has 7 heteroatoms. The number of nitrogen functional groups attached to an aromatic ring is 1. The number of hydrazine groups is 1. The van der Waals surface area contributed by atoms with Crippen molar-refractivity contribution in [1.29, 1.82) is 0 Å². The van der Waals surface area contributed by atoms with Crippen LogP contribution in [0.2, 0.25) is 0 Å². The molecular weight excluding hydrogens is 238 g/mol. The Balaban J connectivity index is 2.09. The molecule has 0 aliphatic rings. The first-order valence-corrected chi connectivity index (χ1v) is 6.41. The van der Waals surface area contributed by atoms with Crippen molar-refractivity contribution in [3.8, 4) is 0 Å². The van der Waals surface area contributed by atoms with Crippen LogP contribution in [0.3, 0.4) is 0 Å². The molecular formula is C10H17N5OS. The van der Waals surface area contributed by atoms with Crippen molar-refractivity contribution in [2.24, 2.45) is 5.84 Å². The molecule has 0 saturated carbocycles. The van der Waals surface area contributed by atoms with Crippen molar-refractivity contribution in [1.82, 2.24) is 15.4 Å². The van der Waals surface area contributed by atoms with Gasteiger partial charge in [0.05, 0.1) is 0 Å². The van der Waals surface area contributed by atoms with Crippen LogP contribution >= 0.6 is 11.8 Å². The van der Waals surface area contributed by atoms with Gasteiger partial charge in [-0.15, -0.1) is 11.8 Å². The summed E-state index contributed by atoms with van der Waals surface area (Å²) in [6.45, 7) is 0. The molecule has 1 aromatic heterocycles. The average molecular weight is 255 g/mol. The van der Waals surface area contributed by atoms with Gasteiger partial charge in [-0.3, -0.25) is 10.2 Å². The van der Waals surface area contributed by atoms with Crippen molar-refractivity contribution < 1.29 is 4.79 Å². The maximum atomic E-state index is 10.8. The van der Waals surface area contributed by atoms with Gasteiger partial charge >= 0.3 is 0 Å². The Morgan fingerprint density at radius 1 is 1.29 bits per heavy atom. The summed E-state index contributed by atoms with van der Waals surface area (Å²) in [5.41, 5.74) is 7.77. The summed E-state index contributed by atoms with van der Waals surface area (Å²) in [4.78, 5) is 18.9. The third-order valence-corrected chi connectivity index (χ3v) is 3.22. The van der Waals surface area contributed by atoms with E-state index in [1.165, 1.54) is 0 Å². The first kappa shape index (κ1) is 13.7. The minimum Gasteiger partial charge on any atom is -0.381 e. The maximum absolute atomic E-state index is 10.8. The van der Waals surface area contributed by atoms with Crippen molar-refractivity contribution in [3.05, 3.63) is 12.4 Å². The fourth-order valence-electron chi connectivity index (χ4n) is 1.25. The maximum Gasteiger partial charge on any atom is 0.233 e. The van der Waals surface area contributed by atoms with Crippen LogP contribution in [0.5, 0.6) is 0 Å². The quantitative estimate of drug-likeness (QED) is 0.218. The molecule has 0 atom stereocenters. The number of carbonyl (C=O) groups excluding carboxylic acids is 1. The van der Waals surface area contributed by atoms with Crippen molar-refractivity contribution in [2.45, 2.75) is 30.7 Å². The Labute approximate surface area is 105 Å². The summed E-state index contributed by atoms with van der Waals surface area (Å²) in [6.07, 6.45) is 6.53.